The van der Waals surface area contributed by atoms with E-state index in [0.29, 0.717) is 5.69 Å². The first kappa shape index (κ1) is 11.6. The van der Waals surface area contributed by atoms with Crippen LogP contribution in [-0.2, 0) is 0 Å². The molecule has 0 aliphatic carbocycles. The minimum absolute atomic E-state index is 0.169. The van der Waals surface area contributed by atoms with Crippen molar-refractivity contribution in [1.82, 2.24) is 9.59 Å². The van der Waals surface area contributed by atoms with Gasteiger partial charge in [-0.2, -0.15) is 0 Å². The minimum atomic E-state index is -0.948. The lowest BCUT2D eigenvalue weighted by atomic mass is 10.0. The zero-order valence-electron chi connectivity index (χ0n) is 7.82. The lowest BCUT2D eigenvalue weighted by molar-refractivity contribution is 0.536. The number of hydrogen-bond acceptors (Lipinski definition) is 4. The van der Waals surface area contributed by atoms with Gasteiger partial charge in [0.05, 0.1) is 16.2 Å². The number of hydrogen-bond donors (Lipinski definition) is 1. The molecule has 0 aliphatic heterocycles. The van der Waals surface area contributed by atoms with Gasteiger partial charge in [-0.3, -0.25) is 0 Å². The van der Waals surface area contributed by atoms with Gasteiger partial charge in [-0.25, -0.2) is 8.78 Å². The second-order valence-corrected chi connectivity index (χ2v) is 4.53. The predicted molar refractivity (Wildman–Crippen MR) is 60.0 cm³/mol. The molecule has 0 radical (unpaired) electrons. The highest BCUT2D eigenvalue weighted by Gasteiger charge is 2.22. The summed E-state index contributed by atoms with van der Waals surface area (Å²) in [5, 5.41) is 5.26. The van der Waals surface area contributed by atoms with Gasteiger partial charge in [-0.15, -0.1) is 5.10 Å². The number of benzene rings is 1. The molecule has 2 rings (SSSR count). The van der Waals surface area contributed by atoms with Crippen LogP contribution >= 0.6 is 27.5 Å². The molecule has 7 heteroatoms. The quantitative estimate of drug-likeness (QED) is 0.868. The fraction of sp³-hybridized carbons (Fsp3) is 0.111. The van der Waals surface area contributed by atoms with Crippen molar-refractivity contribution in [2.45, 2.75) is 6.04 Å². The van der Waals surface area contributed by atoms with Crippen molar-refractivity contribution >= 4 is 27.5 Å². The standard InChI is InChI=1S/C9H6BrF2N3S/c10-4-1-2-5(11)7(8(4)12)9(13)6-3-16-15-14-6/h1-3,9H,13H2. The van der Waals surface area contributed by atoms with Gasteiger partial charge < -0.3 is 5.73 Å². The molecule has 0 saturated heterocycles. The summed E-state index contributed by atoms with van der Waals surface area (Å²) in [6, 6.07) is 1.50. The van der Waals surface area contributed by atoms with Crippen molar-refractivity contribution in [3.63, 3.8) is 0 Å². The Balaban J connectivity index is 2.52. The van der Waals surface area contributed by atoms with E-state index in [2.05, 4.69) is 25.5 Å². The first-order chi connectivity index (χ1) is 7.61. The van der Waals surface area contributed by atoms with Crippen molar-refractivity contribution in [3.05, 3.63) is 44.9 Å². The molecular weight excluding hydrogens is 300 g/mol. The number of rotatable bonds is 2. The smallest absolute Gasteiger partial charge is 0.145 e. The summed E-state index contributed by atoms with van der Waals surface area (Å²) >= 11 is 4.06. The Morgan fingerprint density at radius 1 is 1.38 bits per heavy atom. The Morgan fingerprint density at radius 3 is 2.75 bits per heavy atom. The van der Waals surface area contributed by atoms with Gasteiger partial charge in [0.15, 0.2) is 0 Å². The molecule has 2 aromatic rings. The molecule has 1 aromatic carbocycles. The summed E-state index contributed by atoms with van der Waals surface area (Å²) in [5.41, 5.74) is 5.88. The minimum Gasteiger partial charge on any atom is -0.319 e. The third-order valence-electron chi connectivity index (χ3n) is 2.09. The third-order valence-corrected chi connectivity index (χ3v) is 3.22. The van der Waals surface area contributed by atoms with Crippen LogP contribution < -0.4 is 5.73 Å². The van der Waals surface area contributed by atoms with E-state index in [1.165, 1.54) is 6.07 Å². The van der Waals surface area contributed by atoms with Crippen LogP contribution in [0.4, 0.5) is 8.78 Å². The van der Waals surface area contributed by atoms with E-state index in [0.717, 1.165) is 17.6 Å². The third kappa shape index (κ3) is 1.98. The Kier molecular flexibility index (Phi) is 3.27. The van der Waals surface area contributed by atoms with Crippen LogP contribution in [0.1, 0.15) is 17.3 Å². The molecular formula is C9H6BrF2N3S. The van der Waals surface area contributed by atoms with Gasteiger partial charge in [0.25, 0.3) is 0 Å². The normalized spacial score (nSPS) is 12.8. The Morgan fingerprint density at radius 2 is 2.12 bits per heavy atom. The molecule has 1 aromatic heterocycles. The highest BCUT2D eigenvalue weighted by Crippen LogP contribution is 2.28. The second kappa shape index (κ2) is 4.52. The molecule has 1 atom stereocenters. The molecule has 84 valence electrons. The van der Waals surface area contributed by atoms with Crippen molar-refractivity contribution < 1.29 is 8.78 Å². The van der Waals surface area contributed by atoms with Crippen molar-refractivity contribution in [2.75, 3.05) is 0 Å². The van der Waals surface area contributed by atoms with Gasteiger partial charge in [0, 0.05) is 10.9 Å². The highest BCUT2D eigenvalue weighted by molar-refractivity contribution is 9.10. The molecule has 1 unspecified atom stereocenters. The van der Waals surface area contributed by atoms with Crippen molar-refractivity contribution in [3.8, 4) is 0 Å². The molecule has 2 N–H and O–H groups in total. The summed E-state index contributed by atoms with van der Waals surface area (Å²) in [5.74, 6) is -1.40. The maximum absolute atomic E-state index is 13.7. The summed E-state index contributed by atoms with van der Waals surface area (Å²) in [6.07, 6.45) is 0. The SMILES string of the molecule is NC(c1csnn1)c1c(F)ccc(Br)c1F. The first-order valence-electron chi connectivity index (χ1n) is 4.27. The van der Waals surface area contributed by atoms with Crippen molar-refractivity contribution in [1.29, 1.82) is 0 Å². The summed E-state index contributed by atoms with van der Waals surface area (Å²) < 4.78 is 31.0. The average molecular weight is 306 g/mol. The summed E-state index contributed by atoms with van der Waals surface area (Å²) in [6.45, 7) is 0. The largest absolute Gasteiger partial charge is 0.319 e. The molecule has 1 heterocycles. The maximum atomic E-state index is 13.7. The molecule has 3 nitrogen and oxygen atoms in total. The van der Waals surface area contributed by atoms with Gasteiger partial charge in [0.2, 0.25) is 0 Å². The zero-order chi connectivity index (χ0) is 11.7. The van der Waals surface area contributed by atoms with Crippen LogP contribution in [0.15, 0.2) is 22.0 Å². The highest BCUT2D eigenvalue weighted by atomic mass is 79.9. The van der Waals surface area contributed by atoms with Gasteiger partial charge in [0.1, 0.15) is 11.6 Å². The lowest BCUT2D eigenvalue weighted by Crippen LogP contribution is -2.16. The van der Waals surface area contributed by atoms with Crippen LogP contribution in [0.3, 0.4) is 0 Å². The Bertz CT molecular complexity index is 504. The average Bonchev–Trinajstić information content (AvgIpc) is 2.77. The second-order valence-electron chi connectivity index (χ2n) is 3.06. The zero-order valence-corrected chi connectivity index (χ0v) is 10.2. The number of halogens is 3. The molecule has 0 bridgehead atoms. The molecule has 16 heavy (non-hydrogen) atoms. The fourth-order valence-electron chi connectivity index (χ4n) is 1.28. The molecule has 0 amide bonds. The Hall–Kier alpha value is -0.920. The van der Waals surface area contributed by atoms with Gasteiger partial charge >= 0.3 is 0 Å². The number of aromatic nitrogens is 2. The fourth-order valence-corrected chi connectivity index (χ4v) is 2.12. The van der Waals surface area contributed by atoms with E-state index in [4.69, 9.17) is 5.73 Å². The summed E-state index contributed by atoms with van der Waals surface area (Å²) in [4.78, 5) is 0. The first-order valence-corrected chi connectivity index (χ1v) is 5.90. The molecule has 0 aliphatic rings. The molecule has 0 spiro atoms. The van der Waals surface area contributed by atoms with Crippen LogP contribution in [0.2, 0.25) is 0 Å². The monoisotopic (exact) mass is 305 g/mol. The molecule has 0 fully saturated rings. The van der Waals surface area contributed by atoms with E-state index in [-0.39, 0.29) is 10.0 Å². The van der Waals surface area contributed by atoms with Crippen LogP contribution in [-0.4, -0.2) is 9.59 Å². The van der Waals surface area contributed by atoms with E-state index >= 15 is 0 Å². The topological polar surface area (TPSA) is 51.8 Å². The lowest BCUT2D eigenvalue weighted by Gasteiger charge is -2.11. The molecule has 0 saturated carbocycles. The van der Waals surface area contributed by atoms with Crippen LogP contribution in [0.25, 0.3) is 0 Å². The Labute approximate surface area is 103 Å². The van der Waals surface area contributed by atoms with E-state index < -0.39 is 17.7 Å². The van der Waals surface area contributed by atoms with Gasteiger partial charge in [-0.05, 0) is 39.6 Å². The maximum Gasteiger partial charge on any atom is 0.145 e. The van der Waals surface area contributed by atoms with Gasteiger partial charge in [-0.1, -0.05) is 4.49 Å². The number of nitrogens with zero attached hydrogens (tertiary/aromatic N) is 2. The number of nitrogens with two attached hydrogens (primary N) is 1. The van der Waals surface area contributed by atoms with E-state index in [9.17, 15) is 8.78 Å². The van der Waals surface area contributed by atoms with Crippen LogP contribution in [0, 0.1) is 11.6 Å². The van der Waals surface area contributed by atoms with E-state index in [1.807, 2.05) is 0 Å². The summed E-state index contributed by atoms with van der Waals surface area (Å²) in [7, 11) is 0. The van der Waals surface area contributed by atoms with E-state index in [1.54, 1.807) is 5.38 Å². The van der Waals surface area contributed by atoms with Crippen LogP contribution in [0.5, 0.6) is 0 Å². The predicted octanol–water partition coefficient (Wildman–Crippen LogP) is 2.63. The van der Waals surface area contributed by atoms with Crippen molar-refractivity contribution in [2.24, 2.45) is 5.73 Å².